The van der Waals surface area contributed by atoms with Crippen molar-refractivity contribution >= 4 is 0 Å². The Morgan fingerprint density at radius 3 is 2.44 bits per heavy atom. The molecule has 1 atom stereocenters. The van der Waals surface area contributed by atoms with Crippen molar-refractivity contribution in [2.24, 2.45) is 0 Å². The summed E-state index contributed by atoms with van der Waals surface area (Å²) < 4.78 is 27.4. The SMILES string of the molecule is CCCCCCC(NC)c1ccc(C)c(F)c1F. The van der Waals surface area contributed by atoms with Crippen molar-refractivity contribution in [3.05, 3.63) is 34.9 Å². The fourth-order valence-corrected chi connectivity index (χ4v) is 2.16. The lowest BCUT2D eigenvalue weighted by molar-refractivity contribution is 0.449. The molecule has 0 saturated carbocycles. The maximum absolute atomic E-state index is 13.9. The van der Waals surface area contributed by atoms with Crippen LogP contribution in [0.1, 0.15) is 56.2 Å². The second-order valence-electron chi connectivity index (χ2n) is 4.79. The highest BCUT2D eigenvalue weighted by Crippen LogP contribution is 2.25. The highest BCUT2D eigenvalue weighted by molar-refractivity contribution is 5.27. The summed E-state index contributed by atoms with van der Waals surface area (Å²) in [7, 11) is 1.79. The number of benzene rings is 1. The van der Waals surface area contributed by atoms with E-state index in [0.29, 0.717) is 11.1 Å². The molecule has 1 unspecified atom stereocenters. The molecule has 0 aliphatic carbocycles. The normalized spacial score (nSPS) is 12.7. The monoisotopic (exact) mass is 255 g/mol. The van der Waals surface area contributed by atoms with Crippen LogP contribution in [0.2, 0.25) is 0 Å². The Bertz CT molecular complexity index is 377. The highest BCUT2D eigenvalue weighted by atomic mass is 19.2. The number of hydrogen-bond acceptors (Lipinski definition) is 1. The maximum Gasteiger partial charge on any atom is 0.163 e. The average Bonchev–Trinajstić information content (AvgIpc) is 2.38. The fraction of sp³-hybridized carbons (Fsp3) is 0.600. The highest BCUT2D eigenvalue weighted by Gasteiger charge is 2.17. The molecule has 0 saturated heterocycles. The third kappa shape index (κ3) is 3.77. The van der Waals surface area contributed by atoms with Crippen LogP contribution in [0, 0.1) is 18.6 Å². The Morgan fingerprint density at radius 2 is 1.83 bits per heavy atom. The smallest absolute Gasteiger partial charge is 0.163 e. The fourth-order valence-electron chi connectivity index (χ4n) is 2.16. The number of hydrogen-bond donors (Lipinski definition) is 1. The van der Waals surface area contributed by atoms with E-state index in [1.54, 1.807) is 26.1 Å². The first-order valence-electron chi connectivity index (χ1n) is 6.73. The molecule has 3 heteroatoms. The molecule has 1 aromatic carbocycles. The van der Waals surface area contributed by atoms with Gasteiger partial charge < -0.3 is 5.32 Å². The number of halogens is 2. The lowest BCUT2D eigenvalue weighted by atomic mass is 9.98. The first kappa shape index (κ1) is 15.1. The van der Waals surface area contributed by atoms with E-state index in [2.05, 4.69) is 12.2 Å². The van der Waals surface area contributed by atoms with E-state index in [4.69, 9.17) is 0 Å². The minimum atomic E-state index is -0.721. The van der Waals surface area contributed by atoms with Crippen molar-refractivity contribution in [3.63, 3.8) is 0 Å². The van der Waals surface area contributed by atoms with Gasteiger partial charge in [0.1, 0.15) is 0 Å². The van der Waals surface area contributed by atoms with Crippen LogP contribution in [-0.2, 0) is 0 Å². The summed E-state index contributed by atoms with van der Waals surface area (Å²) in [5.41, 5.74) is 0.800. The molecule has 1 nitrogen and oxygen atoms in total. The summed E-state index contributed by atoms with van der Waals surface area (Å²) in [5, 5.41) is 3.08. The standard InChI is InChI=1S/C15H23F2N/c1-4-5-6-7-8-13(18-3)12-10-9-11(2)14(16)15(12)17/h9-10,13,18H,4-8H2,1-3H3. The third-order valence-electron chi connectivity index (χ3n) is 3.38. The van der Waals surface area contributed by atoms with Gasteiger partial charge in [0.25, 0.3) is 0 Å². The number of unbranched alkanes of at least 4 members (excludes halogenated alkanes) is 3. The summed E-state index contributed by atoms with van der Waals surface area (Å²) in [4.78, 5) is 0. The van der Waals surface area contributed by atoms with Crippen molar-refractivity contribution in [1.29, 1.82) is 0 Å². The molecule has 0 amide bonds. The molecular weight excluding hydrogens is 232 g/mol. The van der Waals surface area contributed by atoms with E-state index in [1.165, 1.54) is 12.8 Å². The zero-order chi connectivity index (χ0) is 13.5. The number of nitrogens with one attached hydrogen (secondary N) is 1. The van der Waals surface area contributed by atoms with E-state index in [1.807, 2.05) is 0 Å². The second kappa shape index (κ2) is 7.47. The Kier molecular flexibility index (Phi) is 6.27. The topological polar surface area (TPSA) is 12.0 Å². The first-order valence-corrected chi connectivity index (χ1v) is 6.73. The van der Waals surface area contributed by atoms with Crippen LogP contribution in [0.5, 0.6) is 0 Å². The van der Waals surface area contributed by atoms with E-state index >= 15 is 0 Å². The van der Waals surface area contributed by atoms with Gasteiger partial charge in [-0.2, -0.15) is 0 Å². The minimum Gasteiger partial charge on any atom is -0.313 e. The second-order valence-corrected chi connectivity index (χ2v) is 4.79. The number of aryl methyl sites for hydroxylation is 1. The van der Waals surface area contributed by atoms with Gasteiger partial charge >= 0.3 is 0 Å². The van der Waals surface area contributed by atoms with Gasteiger partial charge in [-0.15, -0.1) is 0 Å². The van der Waals surface area contributed by atoms with Crippen LogP contribution in [0.15, 0.2) is 12.1 Å². The Balaban J connectivity index is 2.73. The summed E-state index contributed by atoms with van der Waals surface area (Å²) >= 11 is 0. The summed E-state index contributed by atoms with van der Waals surface area (Å²) in [6.45, 7) is 3.74. The van der Waals surface area contributed by atoms with Crippen LogP contribution < -0.4 is 5.32 Å². The summed E-state index contributed by atoms with van der Waals surface area (Å²) in [5.74, 6) is -1.42. The lowest BCUT2D eigenvalue weighted by Gasteiger charge is -2.18. The van der Waals surface area contributed by atoms with Crippen molar-refractivity contribution in [3.8, 4) is 0 Å². The Hall–Kier alpha value is -0.960. The summed E-state index contributed by atoms with van der Waals surface area (Å²) in [6, 6.07) is 3.23. The third-order valence-corrected chi connectivity index (χ3v) is 3.38. The van der Waals surface area contributed by atoms with Crippen molar-refractivity contribution in [2.75, 3.05) is 7.05 Å². The largest absolute Gasteiger partial charge is 0.313 e. The van der Waals surface area contributed by atoms with E-state index < -0.39 is 11.6 Å². The Morgan fingerprint density at radius 1 is 1.11 bits per heavy atom. The van der Waals surface area contributed by atoms with Gasteiger partial charge in [0.05, 0.1) is 0 Å². The molecular formula is C15H23F2N. The van der Waals surface area contributed by atoms with Gasteiger partial charge in [-0.1, -0.05) is 44.7 Å². The molecule has 0 aliphatic heterocycles. The molecule has 0 bridgehead atoms. The van der Waals surface area contributed by atoms with Gasteiger partial charge in [0.15, 0.2) is 11.6 Å². The maximum atomic E-state index is 13.9. The molecule has 18 heavy (non-hydrogen) atoms. The molecule has 0 fully saturated rings. The van der Waals surface area contributed by atoms with Crippen molar-refractivity contribution in [1.82, 2.24) is 5.32 Å². The number of rotatable bonds is 7. The molecule has 0 heterocycles. The lowest BCUT2D eigenvalue weighted by Crippen LogP contribution is -2.18. The minimum absolute atomic E-state index is 0.100. The molecule has 102 valence electrons. The molecule has 1 aromatic rings. The Labute approximate surface area is 109 Å². The first-order chi connectivity index (χ1) is 8.61. The van der Waals surface area contributed by atoms with E-state index in [9.17, 15) is 8.78 Å². The molecule has 1 N–H and O–H groups in total. The van der Waals surface area contributed by atoms with Crippen LogP contribution in [0.3, 0.4) is 0 Å². The zero-order valence-corrected chi connectivity index (χ0v) is 11.5. The molecule has 0 radical (unpaired) electrons. The van der Waals surface area contributed by atoms with Crippen LogP contribution >= 0.6 is 0 Å². The molecule has 0 aromatic heterocycles. The quantitative estimate of drug-likeness (QED) is 0.707. The summed E-state index contributed by atoms with van der Waals surface area (Å²) in [6.07, 6.45) is 5.40. The van der Waals surface area contributed by atoms with Gasteiger partial charge in [-0.05, 0) is 26.0 Å². The van der Waals surface area contributed by atoms with Crippen LogP contribution in [-0.4, -0.2) is 7.05 Å². The van der Waals surface area contributed by atoms with Crippen LogP contribution in [0.25, 0.3) is 0 Å². The van der Waals surface area contributed by atoms with Crippen molar-refractivity contribution < 1.29 is 8.78 Å². The van der Waals surface area contributed by atoms with Gasteiger partial charge in [0.2, 0.25) is 0 Å². The van der Waals surface area contributed by atoms with E-state index in [-0.39, 0.29) is 6.04 Å². The average molecular weight is 255 g/mol. The molecule has 0 aliphatic rings. The molecule has 1 rings (SSSR count). The predicted octanol–water partition coefficient (Wildman–Crippen LogP) is 4.50. The zero-order valence-electron chi connectivity index (χ0n) is 11.5. The predicted molar refractivity (Wildman–Crippen MR) is 71.7 cm³/mol. The van der Waals surface area contributed by atoms with Crippen LogP contribution in [0.4, 0.5) is 8.78 Å². The van der Waals surface area contributed by atoms with Gasteiger partial charge in [-0.25, -0.2) is 8.78 Å². The van der Waals surface area contributed by atoms with Gasteiger partial charge in [-0.3, -0.25) is 0 Å². The van der Waals surface area contributed by atoms with Crippen molar-refractivity contribution in [2.45, 2.75) is 52.0 Å². The molecule has 0 spiro atoms. The van der Waals surface area contributed by atoms with E-state index in [0.717, 1.165) is 19.3 Å². The van der Waals surface area contributed by atoms with Gasteiger partial charge in [0, 0.05) is 11.6 Å².